The monoisotopic (exact) mass is 226 g/mol. The van der Waals surface area contributed by atoms with Crippen LogP contribution in [-0.2, 0) is 9.59 Å². The molecule has 1 unspecified atom stereocenters. The summed E-state index contributed by atoms with van der Waals surface area (Å²) >= 11 is 0. The summed E-state index contributed by atoms with van der Waals surface area (Å²) in [6, 6.07) is 0. The predicted octanol–water partition coefficient (Wildman–Crippen LogP) is 1.16. The van der Waals surface area contributed by atoms with Crippen LogP contribution in [0.3, 0.4) is 0 Å². The van der Waals surface area contributed by atoms with Gasteiger partial charge in [-0.1, -0.05) is 13.8 Å². The van der Waals surface area contributed by atoms with E-state index in [1.54, 1.807) is 0 Å². The number of amides is 2. The van der Waals surface area contributed by atoms with E-state index in [1.807, 2.05) is 4.90 Å². The smallest absolute Gasteiger partial charge is 0.226 e. The highest BCUT2D eigenvalue weighted by molar-refractivity contribution is 5.86. The molecule has 0 aromatic rings. The van der Waals surface area contributed by atoms with Crippen LogP contribution in [0.2, 0.25) is 0 Å². The fraction of sp³-hybridized carbons (Fsp3) is 0.833. The van der Waals surface area contributed by atoms with Crippen LogP contribution in [0.1, 0.15) is 39.5 Å². The third-order valence-corrected chi connectivity index (χ3v) is 2.89. The van der Waals surface area contributed by atoms with Crippen LogP contribution in [0.15, 0.2) is 0 Å². The molecule has 1 heterocycles. The van der Waals surface area contributed by atoms with Crippen molar-refractivity contribution in [2.24, 2.45) is 5.92 Å². The van der Waals surface area contributed by atoms with Crippen molar-refractivity contribution < 1.29 is 9.59 Å². The molecule has 1 rings (SSSR count). The number of rotatable bonds is 5. The van der Waals surface area contributed by atoms with Gasteiger partial charge in [-0.15, -0.1) is 0 Å². The molecular formula is C12H22N2O2. The van der Waals surface area contributed by atoms with Gasteiger partial charge >= 0.3 is 0 Å². The van der Waals surface area contributed by atoms with Crippen LogP contribution in [0.25, 0.3) is 0 Å². The second-order valence-corrected chi connectivity index (χ2v) is 4.36. The third kappa shape index (κ3) is 3.51. The molecular weight excluding hydrogens is 204 g/mol. The molecule has 0 radical (unpaired) electrons. The van der Waals surface area contributed by atoms with Gasteiger partial charge in [-0.3, -0.25) is 9.59 Å². The van der Waals surface area contributed by atoms with E-state index in [-0.39, 0.29) is 17.7 Å². The van der Waals surface area contributed by atoms with Crippen molar-refractivity contribution in [3.05, 3.63) is 0 Å². The first-order chi connectivity index (χ1) is 7.69. The quantitative estimate of drug-likeness (QED) is 0.765. The molecule has 1 aliphatic rings. The predicted molar refractivity (Wildman–Crippen MR) is 62.9 cm³/mol. The summed E-state index contributed by atoms with van der Waals surface area (Å²) in [4.78, 5) is 25.3. The molecule has 0 aromatic heterocycles. The summed E-state index contributed by atoms with van der Waals surface area (Å²) < 4.78 is 0. The van der Waals surface area contributed by atoms with Crippen molar-refractivity contribution in [3.8, 4) is 0 Å². The van der Waals surface area contributed by atoms with Crippen molar-refractivity contribution in [1.29, 1.82) is 0 Å². The number of hydrogen-bond acceptors (Lipinski definition) is 2. The fourth-order valence-electron chi connectivity index (χ4n) is 2.12. The van der Waals surface area contributed by atoms with Gasteiger partial charge in [0, 0.05) is 32.0 Å². The van der Waals surface area contributed by atoms with Crippen LogP contribution < -0.4 is 5.32 Å². The number of hydrogen-bond donors (Lipinski definition) is 1. The minimum atomic E-state index is -0.0909. The van der Waals surface area contributed by atoms with Crippen molar-refractivity contribution in [2.45, 2.75) is 39.5 Å². The molecule has 1 aliphatic heterocycles. The lowest BCUT2D eigenvalue weighted by Gasteiger charge is -2.28. The topological polar surface area (TPSA) is 49.4 Å². The summed E-state index contributed by atoms with van der Waals surface area (Å²) in [6.07, 6.45) is 3.10. The second kappa shape index (κ2) is 6.51. The van der Waals surface area contributed by atoms with Crippen LogP contribution in [0.4, 0.5) is 0 Å². The SMILES string of the molecule is CCCN(CCC)C(=O)C1CCNC(=O)C1. The molecule has 0 bridgehead atoms. The molecule has 1 fully saturated rings. The van der Waals surface area contributed by atoms with Gasteiger partial charge in [-0.25, -0.2) is 0 Å². The van der Waals surface area contributed by atoms with Gasteiger partial charge in [0.05, 0.1) is 0 Å². The van der Waals surface area contributed by atoms with Gasteiger partial charge in [0.1, 0.15) is 0 Å². The molecule has 4 nitrogen and oxygen atoms in total. The van der Waals surface area contributed by atoms with Crippen molar-refractivity contribution in [2.75, 3.05) is 19.6 Å². The van der Waals surface area contributed by atoms with Crippen LogP contribution in [0.5, 0.6) is 0 Å². The average molecular weight is 226 g/mol. The standard InChI is InChI=1S/C12H22N2O2/c1-3-7-14(8-4-2)12(16)10-5-6-13-11(15)9-10/h10H,3-9H2,1-2H3,(H,13,15). The molecule has 1 saturated heterocycles. The van der Waals surface area contributed by atoms with Gasteiger partial charge in [-0.05, 0) is 19.3 Å². The largest absolute Gasteiger partial charge is 0.356 e. The Kier molecular flexibility index (Phi) is 5.29. The highest BCUT2D eigenvalue weighted by Gasteiger charge is 2.28. The summed E-state index contributed by atoms with van der Waals surface area (Å²) in [5, 5.41) is 2.76. The molecule has 1 N–H and O–H groups in total. The summed E-state index contributed by atoms with van der Waals surface area (Å²) in [5.41, 5.74) is 0. The second-order valence-electron chi connectivity index (χ2n) is 4.36. The van der Waals surface area contributed by atoms with Crippen LogP contribution >= 0.6 is 0 Å². The van der Waals surface area contributed by atoms with E-state index in [1.165, 1.54) is 0 Å². The fourth-order valence-corrected chi connectivity index (χ4v) is 2.12. The lowest BCUT2D eigenvalue weighted by molar-refractivity contribution is -0.140. The van der Waals surface area contributed by atoms with E-state index in [2.05, 4.69) is 19.2 Å². The molecule has 0 saturated carbocycles. The molecule has 92 valence electrons. The maximum absolute atomic E-state index is 12.2. The van der Waals surface area contributed by atoms with Crippen LogP contribution in [-0.4, -0.2) is 36.3 Å². The summed E-state index contributed by atoms with van der Waals surface area (Å²) in [5.74, 6) is 0.0861. The lowest BCUT2D eigenvalue weighted by Crippen LogP contribution is -2.43. The number of carbonyl (C=O) groups is 2. The Balaban J connectivity index is 2.54. The molecule has 1 atom stereocenters. The highest BCUT2D eigenvalue weighted by atomic mass is 16.2. The van der Waals surface area contributed by atoms with Crippen molar-refractivity contribution in [1.82, 2.24) is 10.2 Å². The highest BCUT2D eigenvalue weighted by Crippen LogP contribution is 2.16. The molecule has 16 heavy (non-hydrogen) atoms. The first-order valence-corrected chi connectivity index (χ1v) is 6.24. The van der Waals surface area contributed by atoms with E-state index in [0.717, 1.165) is 32.4 Å². The summed E-state index contributed by atoms with van der Waals surface area (Å²) in [7, 11) is 0. The Morgan fingerprint density at radius 1 is 1.38 bits per heavy atom. The zero-order chi connectivity index (χ0) is 12.0. The van der Waals surface area contributed by atoms with Crippen molar-refractivity contribution in [3.63, 3.8) is 0 Å². The Morgan fingerprint density at radius 3 is 2.50 bits per heavy atom. The van der Waals surface area contributed by atoms with Gasteiger partial charge < -0.3 is 10.2 Å². The van der Waals surface area contributed by atoms with Crippen molar-refractivity contribution >= 4 is 11.8 Å². The van der Waals surface area contributed by atoms with E-state index in [0.29, 0.717) is 13.0 Å². The summed E-state index contributed by atoms with van der Waals surface area (Å²) in [6.45, 7) is 6.41. The minimum Gasteiger partial charge on any atom is -0.356 e. The number of nitrogens with one attached hydrogen (secondary N) is 1. The minimum absolute atomic E-state index is 0.0116. The normalized spacial score (nSPS) is 20.4. The van der Waals surface area contributed by atoms with Gasteiger partial charge in [0.2, 0.25) is 11.8 Å². The van der Waals surface area contributed by atoms with E-state index < -0.39 is 0 Å². The molecule has 0 spiro atoms. The zero-order valence-electron chi connectivity index (χ0n) is 10.3. The first kappa shape index (κ1) is 13.0. The first-order valence-electron chi connectivity index (χ1n) is 6.24. The zero-order valence-corrected chi connectivity index (χ0v) is 10.3. The van der Waals surface area contributed by atoms with Gasteiger partial charge in [-0.2, -0.15) is 0 Å². The number of piperidine rings is 1. The Hall–Kier alpha value is -1.06. The van der Waals surface area contributed by atoms with Gasteiger partial charge in [0.25, 0.3) is 0 Å². The van der Waals surface area contributed by atoms with Gasteiger partial charge in [0.15, 0.2) is 0 Å². The van der Waals surface area contributed by atoms with Crippen LogP contribution in [0, 0.1) is 5.92 Å². The number of nitrogens with zero attached hydrogens (tertiary/aromatic N) is 1. The average Bonchev–Trinajstić information content (AvgIpc) is 2.28. The number of carbonyl (C=O) groups excluding carboxylic acids is 2. The molecule has 2 amide bonds. The molecule has 0 aromatic carbocycles. The molecule has 4 heteroatoms. The van der Waals surface area contributed by atoms with E-state index >= 15 is 0 Å². The Morgan fingerprint density at radius 2 is 2.00 bits per heavy atom. The Bertz CT molecular complexity index is 247. The molecule has 0 aliphatic carbocycles. The maximum Gasteiger partial charge on any atom is 0.226 e. The lowest BCUT2D eigenvalue weighted by atomic mass is 9.96. The Labute approximate surface area is 97.4 Å². The van der Waals surface area contributed by atoms with E-state index in [4.69, 9.17) is 0 Å². The maximum atomic E-state index is 12.2. The van der Waals surface area contributed by atoms with E-state index in [9.17, 15) is 9.59 Å². The third-order valence-electron chi connectivity index (χ3n) is 2.89.